The molecule has 19 heavy (non-hydrogen) atoms. The first-order chi connectivity index (χ1) is 9.13. The molecule has 0 spiro atoms. The van der Waals surface area contributed by atoms with Gasteiger partial charge >= 0.3 is 0 Å². The summed E-state index contributed by atoms with van der Waals surface area (Å²) >= 11 is 0. The first-order valence-corrected chi connectivity index (χ1v) is 6.21. The van der Waals surface area contributed by atoms with Gasteiger partial charge in [0.05, 0.1) is 18.2 Å². The van der Waals surface area contributed by atoms with Gasteiger partial charge in [0.15, 0.2) is 0 Å². The fraction of sp³-hybridized carbons (Fsp3) is 0.462. The quantitative estimate of drug-likeness (QED) is 0.780. The fourth-order valence-corrected chi connectivity index (χ4v) is 2.22. The summed E-state index contributed by atoms with van der Waals surface area (Å²) in [7, 11) is 0. The van der Waals surface area contributed by atoms with Gasteiger partial charge in [0.1, 0.15) is 0 Å². The molecule has 1 aliphatic rings. The molecule has 2 N–H and O–H groups in total. The molecule has 1 aliphatic heterocycles. The molecule has 0 fully saturated rings. The van der Waals surface area contributed by atoms with Gasteiger partial charge in [-0.1, -0.05) is 6.07 Å². The van der Waals surface area contributed by atoms with Crippen LogP contribution in [0.4, 0.5) is 0 Å². The summed E-state index contributed by atoms with van der Waals surface area (Å²) in [4.78, 5) is 29.5. The third-order valence-electron chi connectivity index (χ3n) is 3.19. The number of aromatic nitrogens is 1. The van der Waals surface area contributed by atoms with Crippen LogP contribution in [-0.2, 0) is 16.1 Å². The molecular weight excluding hydrogens is 246 g/mol. The normalized spacial score (nSPS) is 17.8. The minimum Gasteiger partial charge on any atom is -0.395 e. The first kappa shape index (κ1) is 13.5. The van der Waals surface area contributed by atoms with E-state index in [1.807, 2.05) is 6.07 Å². The number of hydrogen-bond acceptors (Lipinski definition) is 4. The van der Waals surface area contributed by atoms with Gasteiger partial charge in [0.25, 0.3) is 0 Å². The van der Waals surface area contributed by atoms with Crippen LogP contribution < -0.4 is 5.32 Å². The van der Waals surface area contributed by atoms with E-state index in [2.05, 4.69) is 10.3 Å². The van der Waals surface area contributed by atoms with Crippen LogP contribution in [0.5, 0.6) is 0 Å². The van der Waals surface area contributed by atoms with Crippen LogP contribution in [0.3, 0.4) is 0 Å². The van der Waals surface area contributed by atoms with Crippen LogP contribution >= 0.6 is 0 Å². The molecule has 6 heteroatoms. The minimum atomic E-state index is -0.472. The Labute approximate surface area is 111 Å². The molecule has 0 saturated carbocycles. The van der Waals surface area contributed by atoms with Crippen molar-refractivity contribution in [3.05, 3.63) is 29.6 Å². The molecule has 1 aromatic rings. The molecule has 6 nitrogen and oxygen atoms in total. The number of rotatable bonds is 3. The van der Waals surface area contributed by atoms with Crippen LogP contribution in [0.25, 0.3) is 0 Å². The van der Waals surface area contributed by atoms with Crippen molar-refractivity contribution >= 4 is 11.8 Å². The lowest BCUT2D eigenvalue weighted by atomic mass is 9.94. The third-order valence-corrected chi connectivity index (χ3v) is 3.19. The number of nitrogens with one attached hydrogen (secondary N) is 1. The number of pyridine rings is 1. The highest BCUT2D eigenvalue weighted by Gasteiger charge is 2.32. The maximum atomic E-state index is 12.1. The van der Waals surface area contributed by atoms with Crippen molar-refractivity contribution in [2.75, 3.05) is 19.7 Å². The fourth-order valence-electron chi connectivity index (χ4n) is 2.22. The number of fused-ring (bicyclic) bond motifs is 1. The van der Waals surface area contributed by atoms with E-state index < -0.39 is 5.92 Å². The molecule has 0 saturated heterocycles. The van der Waals surface area contributed by atoms with Crippen LogP contribution in [-0.4, -0.2) is 46.5 Å². The van der Waals surface area contributed by atoms with Crippen LogP contribution in [0.1, 0.15) is 24.1 Å². The van der Waals surface area contributed by atoms with E-state index in [1.54, 1.807) is 17.2 Å². The van der Waals surface area contributed by atoms with E-state index in [0.29, 0.717) is 13.1 Å². The highest BCUT2D eigenvalue weighted by molar-refractivity contribution is 5.85. The molecular formula is C13H17N3O3. The van der Waals surface area contributed by atoms with Gasteiger partial charge in [-0.05, 0) is 11.6 Å². The van der Waals surface area contributed by atoms with E-state index in [-0.39, 0.29) is 25.0 Å². The van der Waals surface area contributed by atoms with Gasteiger partial charge in [0.2, 0.25) is 11.8 Å². The Bertz CT molecular complexity index is 490. The molecule has 0 aromatic carbocycles. The van der Waals surface area contributed by atoms with E-state index >= 15 is 0 Å². The molecule has 0 bridgehead atoms. The molecule has 1 unspecified atom stereocenters. The predicted molar refractivity (Wildman–Crippen MR) is 68.2 cm³/mol. The maximum Gasteiger partial charge on any atom is 0.231 e. The molecule has 0 aliphatic carbocycles. The number of carbonyl (C=O) groups excluding carboxylic acids is 2. The zero-order valence-corrected chi connectivity index (χ0v) is 10.8. The highest BCUT2D eigenvalue weighted by Crippen LogP contribution is 2.26. The van der Waals surface area contributed by atoms with Crippen LogP contribution in [0.2, 0.25) is 0 Å². The van der Waals surface area contributed by atoms with Crippen LogP contribution in [0, 0.1) is 0 Å². The smallest absolute Gasteiger partial charge is 0.231 e. The second-order valence-corrected chi connectivity index (χ2v) is 4.51. The summed E-state index contributed by atoms with van der Waals surface area (Å²) in [6.45, 7) is 2.41. The number of aliphatic hydroxyl groups is 1. The first-order valence-electron chi connectivity index (χ1n) is 6.21. The molecule has 1 aromatic heterocycles. The Morgan fingerprint density at radius 2 is 2.37 bits per heavy atom. The Balaban J connectivity index is 2.26. The predicted octanol–water partition coefficient (Wildman–Crippen LogP) is -0.364. The Morgan fingerprint density at radius 1 is 1.58 bits per heavy atom. The Hall–Kier alpha value is -1.95. The van der Waals surface area contributed by atoms with Crippen molar-refractivity contribution in [2.24, 2.45) is 0 Å². The minimum absolute atomic E-state index is 0.0607. The molecule has 0 radical (unpaired) electrons. The van der Waals surface area contributed by atoms with Gasteiger partial charge < -0.3 is 15.3 Å². The molecule has 1 atom stereocenters. The number of hydrogen-bond donors (Lipinski definition) is 2. The highest BCUT2D eigenvalue weighted by atomic mass is 16.3. The second-order valence-electron chi connectivity index (χ2n) is 4.51. The second kappa shape index (κ2) is 5.79. The zero-order valence-electron chi connectivity index (χ0n) is 10.8. The Kier molecular flexibility index (Phi) is 4.11. The SMILES string of the molecule is CC(=O)N1Cc2cccnc2C(C(=O)NCCO)C1. The summed E-state index contributed by atoms with van der Waals surface area (Å²) in [5.41, 5.74) is 1.61. The number of aliphatic hydroxyl groups excluding tert-OH is 1. The van der Waals surface area contributed by atoms with Crippen molar-refractivity contribution in [3.63, 3.8) is 0 Å². The monoisotopic (exact) mass is 263 g/mol. The van der Waals surface area contributed by atoms with Crippen molar-refractivity contribution < 1.29 is 14.7 Å². The summed E-state index contributed by atoms with van der Waals surface area (Å²) < 4.78 is 0. The topological polar surface area (TPSA) is 82.5 Å². The lowest BCUT2D eigenvalue weighted by Gasteiger charge is -2.32. The third kappa shape index (κ3) is 2.90. The average molecular weight is 263 g/mol. The molecule has 102 valence electrons. The number of nitrogens with zero attached hydrogens (tertiary/aromatic N) is 2. The lowest BCUT2D eigenvalue weighted by Crippen LogP contribution is -2.44. The van der Waals surface area contributed by atoms with Crippen LogP contribution in [0.15, 0.2) is 18.3 Å². The number of carbonyl (C=O) groups is 2. The van der Waals surface area contributed by atoms with Gasteiger partial charge in [0, 0.05) is 32.8 Å². The molecule has 2 amide bonds. The van der Waals surface area contributed by atoms with Gasteiger partial charge in [-0.25, -0.2) is 0 Å². The van der Waals surface area contributed by atoms with Crippen molar-refractivity contribution in [3.8, 4) is 0 Å². The summed E-state index contributed by atoms with van der Waals surface area (Å²) in [5.74, 6) is -0.741. The lowest BCUT2D eigenvalue weighted by molar-refractivity contribution is -0.131. The van der Waals surface area contributed by atoms with Crippen molar-refractivity contribution in [1.29, 1.82) is 0 Å². The average Bonchev–Trinajstić information content (AvgIpc) is 2.43. The van der Waals surface area contributed by atoms with Gasteiger partial charge in [-0.2, -0.15) is 0 Å². The summed E-state index contributed by atoms with van der Waals surface area (Å²) in [6.07, 6.45) is 1.65. The van der Waals surface area contributed by atoms with E-state index in [1.165, 1.54) is 6.92 Å². The van der Waals surface area contributed by atoms with E-state index in [0.717, 1.165) is 11.3 Å². The van der Waals surface area contributed by atoms with Crippen molar-refractivity contribution in [1.82, 2.24) is 15.2 Å². The van der Waals surface area contributed by atoms with E-state index in [9.17, 15) is 9.59 Å². The van der Waals surface area contributed by atoms with Crippen molar-refractivity contribution in [2.45, 2.75) is 19.4 Å². The molecule has 2 heterocycles. The largest absolute Gasteiger partial charge is 0.395 e. The van der Waals surface area contributed by atoms with Gasteiger partial charge in [-0.15, -0.1) is 0 Å². The maximum absolute atomic E-state index is 12.1. The summed E-state index contributed by atoms with van der Waals surface area (Å²) in [6, 6.07) is 3.68. The molecule has 2 rings (SSSR count). The van der Waals surface area contributed by atoms with Gasteiger partial charge in [-0.3, -0.25) is 14.6 Å². The number of amides is 2. The Morgan fingerprint density at radius 3 is 3.05 bits per heavy atom. The summed E-state index contributed by atoms with van der Waals surface area (Å²) in [5, 5.41) is 11.4. The van der Waals surface area contributed by atoms with E-state index in [4.69, 9.17) is 5.11 Å². The standard InChI is InChI=1S/C13H17N3O3/c1-9(18)16-7-10-3-2-4-14-12(10)11(8-16)13(19)15-5-6-17/h2-4,11,17H,5-8H2,1H3,(H,15,19). The zero-order chi connectivity index (χ0) is 13.8.